The van der Waals surface area contributed by atoms with Crippen LogP contribution in [-0.2, 0) is 44.5 Å². The van der Waals surface area contributed by atoms with Gasteiger partial charge in [-0.3, -0.25) is 19.2 Å². The van der Waals surface area contributed by atoms with Crippen LogP contribution in [0.2, 0.25) is 0 Å². The lowest BCUT2D eigenvalue weighted by atomic mass is 9.74. The van der Waals surface area contributed by atoms with E-state index in [-0.39, 0.29) is 35.9 Å². The molecule has 216 valence electrons. The van der Waals surface area contributed by atoms with E-state index in [4.69, 9.17) is 18.9 Å². The third-order valence-corrected chi connectivity index (χ3v) is 9.71. The zero-order valence-electron chi connectivity index (χ0n) is 24.2. The van der Waals surface area contributed by atoms with Crippen molar-refractivity contribution in [2.24, 2.45) is 29.1 Å². The number of Topliss-reactive ketones (excluding diaryl/α,β-unsaturated/α-hetero) is 1. The number of carbonyl (C=O) groups excluding carboxylic acids is 4. The molecule has 1 spiro atoms. The zero-order chi connectivity index (χ0) is 29.0. The number of allylic oxidation sites excluding steroid dienone is 1. The number of rotatable bonds is 5. The summed E-state index contributed by atoms with van der Waals surface area (Å²) in [6.07, 6.45) is 1.85. The highest BCUT2D eigenvalue weighted by molar-refractivity contribution is 6.03. The normalized spacial score (nSPS) is 39.0. The van der Waals surface area contributed by atoms with Gasteiger partial charge in [0.2, 0.25) is 5.78 Å². The van der Waals surface area contributed by atoms with Gasteiger partial charge < -0.3 is 18.9 Å². The van der Waals surface area contributed by atoms with E-state index in [0.717, 1.165) is 12.0 Å². The highest BCUT2D eigenvalue weighted by atomic mass is 16.6. The van der Waals surface area contributed by atoms with E-state index >= 15 is 0 Å². The first-order valence-electron chi connectivity index (χ1n) is 14.3. The maximum atomic E-state index is 14.5. The molecule has 3 fully saturated rings. The number of ketones is 1. The standard InChI is InChI=1S/C32H40O8/c1-18-14-24-23(30(24,5)6)12-13-31(17-37-31)29(38-20(3)33)26-27(39-25(35)15-22-10-8-7-9-11-22)19(2)16-32(26,28(18)36)40-21(4)34/h7-11,14,19,23-24,26-27,29H,12-13,15-17H2,1-6H3/b18-14+/t19-,23-,24+,26+,27-,29+,31+,32+/m0/s1. The summed E-state index contributed by atoms with van der Waals surface area (Å²) in [7, 11) is 0. The minimum atomic E-state index is -1.68. The predicted octanol–water partition coefficient (Wildman–Crippen LogP) is 4.38. The summed E-state index contributed by atoms with van der Waals surface area (Å²) in [5, 5.41) is 0. The lowest BCUT2D eigenvalue weighted by Gasteiger charge is -2.41. The van der Waals surface area contributed by atoms with Crippen molar-refractivity contribution in [3.05, 3.63) is 47.5 Å². The van der Waals surface area contributed by atoms with Gasteiger partial charge in [-0.05, 0) is 54.1 Å². The van der Waals surface area contributed by atoms with Gasteiger partial charge in [0.15, 0.2) is 5.60 Å². The number of benzene rings is 1. The fourth-order valence-electron chi connectivity index (χ4n) is 7.55. The van der Waals surface area contributed by atoms with E-state index in [1.165, 1.54) is 13.8 Å². The molecule has 8 nitrogen and oxygen atoms in total. The SMILES string of the molecule is CC(=O)O[C@@H]1[C@H]2[C@@H](OC(=O)Cc3ccccc3)[C@@H](C)C[C@]2(OC(C)=O)C(=O)/C(C)=C/[C@@H]2[C@H](CC[C@@]13CO3)C2(C)C. The summed E-state index contributed by atoms with van der Waals surface area (Å²) in [6, 6.07) is 9.25. The fourth-order valence-corrected chi connectivity index (χ4v) is 7.55. The molecule has 8 heteroatoms. The summed E-state index contributed by atoms with van der Waals surface area (Å²) < 4.78 is 24.2. The Morgan fingerprint density at radius 2 is 1.73 bits per heavy atom. The van der Waals surface area contributed by atoms with Crippen LogP contribution in [0.15, 0.2) is 42.0 Å². The molecule has 4 aliphatic rings. The van der Waals surface area contributed by atoms with Gasteiger partial charge in [0.25, 0.3) is 0 Å². The Kier molecular flexibility index (Phi) is 7.22. The molecule has 40 heavy (non-hydrogen) atoms. The number of carbonyl (C=O) groups is 4. The smallest absolute Gasteiger partial charge is 0.310 e. The number of hydrogen-bond acceptors (Lipinski definition) is 8. The molecule has 1 saturated heterocycles. The van der Waals surface area contributed by atoms with Gasteiger partial charge in [0.05, 0.1) is 18.9 Å². The van der Waals surface area contributed by atoms with Gasteiger partial charge in [-0.25, -0.2) is 0 Å². The Balaban J connectivity index is 1.61. The number of ether oxygens (including phenoxy) is 4. The van der Waals surface area contributed by atoms with Gasteiger partial charge in [-0.1, -0.05) is 57.2 Å². The van der Waals surface area contributed by atoms with Crippen LogP contribution in [0.25, 0.3) is 0 Å². The van der Waals surface area contributed by atoms with Crippen molar-refractivity contribution in [1.29, 1.82) is 0 Å². The van der Waals surface area contributed by atoms with Crippen LogP contribution in [0.3, 0.4) is 0 Å². The highest BCUT2D eigenvalue weighted by Gasteiger charge is 2.71. The molecule has 1 aliphatic heterocycles. The second kappa shape index (κ2) is 10.1. The Labute approximate surface area is 235 Å². The van der Waals surface area contributed by atoms with Gasteiger partial charge in [-0.2, -0.15) is 0 Å². The number of fused-ring (bicyclic) bond motifs is 2. The molecule has 0 radical (unpaired) electrons. The molecule has 1 aromatic carbocycles. The molecule has 3 aliphatic carbocycles. The summed E-state index contributed by atoms with van der Waals surface area (Å²) in [6.45, 7) is 11.0. The van der Waals surface area contributed by atoms with Crippen LogP contribution >= 0.6 is 0 Å². The second-order valence-electron chi connectivity index (χ2n) is 12.9. The van der Waals surface area contributed by atoms with Crippen molar-refractivity contribution >= 4 is 23.7 Å². The quantitative estimate of drug-likeness (QED) is 0.301. The molecule has 8 atom stereocenters. The first-order chi connectivity index (χ1) is 18.8. The Hall–Kier alpha value is -3.00. The monoisotopic (exact) mass is 552 g/mol. The van der Waals surface area contributed by atoms with Gasteiger partial charge >= 0.3 is 17.9 Å². The van der Waals surface area contributed by atoms with E-state index in [1.54, 1.807) is 6.92 Å². The summed E-state index contributed by atoms with van der Waals surface area (Å²) in [5.41, 5.74) is -1.22. The van der Waals surface area contributed by atoms with Crippen LogP contribution in [0, 0.1) is 29.1 Å². The second-order valence-corrected chi connectivity index (χ2v) is 12.9. The van der Waals surface area contributed by atoms with E-state index in [0.29, 0.717) is 24.5 Å². The van der Waals surface area contributed by atoms with Crippen LogP contribution in [0.4, 0.5) is 0 Å². The van der Waals surface area contributed by atoms with Crippen molar-refractivity contribution in [1.82, 2.24) is 0 Å². The highest BCUT2D eigenvalue weighted by Crippen LogP contribution is 2.64. The molecule has 1 heterocycles. The van der Waals surface area contributed by atoms with Crippen LogP contribution in [-0.4, -0.2) is 53.7 Å². The van der Waals surface area contributed by atoms with E-state index in [1.807, 2.05) is 43.3 Å². The largest absolute Gasteiger partial charge is 0.461 e. The first kappa shape index (κ1) is 28.5. The van der Waals surface area contributed by atoms with Gasteiger partial charge in [0.1, 0.15) is 17.8 Å². The van der Waals surface area contributed by atoms with E-state index < -0.39 is 47.2 Å². The third kappa shape index (κ3) is 5.00. The molecule has 0 N–H and O–H groups in total. The number of hydrogen-bond donors (Lipinski definition) is 0. The van der Waals surface area contributed by atoms with Gasteiger partial charge in [-0.15, -0.1) is 0 Å². The minimum Gasteiger partial charge on any atom is -0.461 e. The van der Waals surface area contributed by atoms with Crippen LogP contribution in [0.1, 0.15) is 66.4 Å². The topological polar surface area (TPSA) is 108 Å². The number of esters is 3. The molecule has 2 saturated carbocycles. The molecule has 0 aromatic heterocycles. The fraction of sp³-hybridized carbons (Fsp3) is 0.625. The molecule has 0 amide bonds. The average molecular weight is 553 g/mol. The van der Waals surface area contributed by atoms with Crippen LogP contribution < -0.4 is 0 Å². The van der Waals surface area contributed by atoms with E-state index in [9.17, 15) is 19.2 Å². The third-order valence-electron chi connectivity index (χ3n) is 9.71. The van der Waals surface area contributed by atoms with Crippen molar-refractivity contribution in [2.45, 2.75) is 90.6 Å². The Morgan fingerprint density at radius 3 is 2.33 bits per heavy atom. The summed E-state index contributed by atoms with van der Waals surface area (Å²) >= 11 is 0. The minimum absolute atomic E-state index is 0.0141. The zero-order valence-corrected chi connectivity index (χ0v) is 24.2. The molecule has 5 rings (SSSR count). The summed E-state index contributed by atoms with van der Waals surface area (Å²) in [4.78, 5) is 52.9. The molecule has 1 aromatic rings. The number of epoxide rings is 1. The van der Waals surface area contributed by atoms with Crippen molar-refractivity contribution in [3.8, 4) is 0 Å². The average Bonchev–Trinajstić information content (AvgIpc) is 3.73. The molecule has 0 unspecified atom stereocenters. The molecular weight excluding hydrogens is 512 g/mol. The van der Waals surface area contributed by atoms with E-state index in [2.05, 4.69) is 13.8 Å². The molecule has 0 bridgehead atoms. The maximum Gasteiger partial charge on any atom is 0.310 e. The van der Waals surface area contributed by atoms with Crippen molar-refractivity contribution in [2.75, 3.05) is 6.61 Å². The van der Waals surface area contributed by atoms with Gasteiger partial charge in [0, 0.05) is 20.3 Å². The Bertz CT molecular complexity index is 1230. The first-order valence-corrected chi connectivity index (χ1v) is 14.3. The maximum absolute atomic E-state index is 14.5. The van der Waals surface area contributed by atoms with Crippen LogP contribution in [0.5, 0.6) is 0 Å². The lowest BCUT2D eigenvalue weighted by molar-refractivity contribution is -0.190. The Morgan fingerprint density at radius 1 is 1.05 bits per heavy atom. The lowest BCUT2D eigenvalue weighted by Crippen LogP contribution is -2.58. The predicted molar refractivity (Wildman–Crippen MR) is 145 cm³/mol. The van der Waals surface area contributed by atoms with Crippen molar-refractivity contribution in [3.63, 3.8) is 0 Å². The molecular formula is C32H40O8. The summed E-state index contributed by atoms with van der Waals surface area (Å²) in [5.74, 6) is -2.72. The van der Waals surface area contributed by atoms with Crippen molar-refractivity contribution < 1.29 is 38.1 Å².